The van der Waals surface area contributed by atoms with Gasteiger partial charge in [0.05, 0.1) is 34.8 Å². The van der Waals surface area contributed by atoms with E-state index in [1.807, 2.05) is 31.0 Å². The van der Waals surface area contributed by atoms with Crippen LogP contribution in [0.2, 0.25) is 0 Å². The highest BCUT2D eigenvalue weighted by atomic mass is 32.1. The first-order valence-corrected chi connectivity index (χ1v) is 13.1. The molecule has 7 heterocycles. The molecule has 0 aliphatic carbocycles. The zero-order valence-electron chi connectivity index (χ0n) is 20.0. The van der Waals surface area contributed by atoms with Crippen molar-refractivity contribution in [3.63, 3.8) is 0 Å². The molecule has 1 saturated heterocycles. The van der Waals surface area contributed by atoms with Crippen LogP contribution in [0.1, 0.15) is 23.3 Å². The van der Waals surface area contributed by atoms with Gasteiger partial charge in [0.2, 0.25) is 0 Å². The molecule has 0 radical (unpaired) electrons. The number of nitrogens with one attached hydrogen (secondary N) is 2. The Hall–Kier alpha value is -3.88. The highest BCUT2D eigenvalue weighted by molar-refractivity contribution is 7.15. The molecule has 0 amide bonds. The molecular weight excluding hydrogens is 466 g/mol. The van der Waals surface area contributed by atoms with Crippen molar-refractivity contribution in [1.29, 1.82) is 0 Å². The van der Waals surface area contributed by atoms with Crippen molar-refractivity contribution in [1.82, 2.24) is 35.0 Å². The molecule has 6 aromatic heterocycles. The first-order valence-electron chi connectivity index (χ1n) is 12.3. The molecule has 7 rings (SSSR count). The SMILES string of the molecule is Cc1ccc(-c2cncc3[nH]c(-c4n[nH]c5cnc(-c6cncc(CN7CCCC7)c6)cc45)cc23)s1. The van der Waals surface area contributed by atoms with Gasteiger partial charge in [-0.05, 0) is 68.8 Å². The van der Waals surface area contributed by atoms with Crippen LogP contribution in [0.3, 0.4) is 0 Å². The number of pyridine rings is 3. The van der Waals surface area contributed by atoms with Gasteiger partial charge in [0, 0.05) is 56.8 Å². The van der Waals surface area contributed by atoms with E-state index in [0.717, 1.165) is 56.6 Å². The third kappa shape index (κ3) is 3.79. The third-order valence-electron chi connectivity index (χ3n) is 6.95. The number of thiophene rings is 1. The van der Waals surface area contributed by atoms with Gasteiger partial charge in [0.25, 0.3) is 0 Å². The van der Waals surface area contributed by atoms with Gasteiger partial charge in [-0.2, -0.15) is 5.10 Å². The second kappa shape index (κ2) is 8.65. The van der Waals surface area contributed by atoms with Crippen molar-refractivity contribution in [2.24, 2.45) is 0 Å². The van der Waals surface area contributed by atoms with Crippen molar-refractivity contribution in [2.45, 2.75) is 26.3 Å². The largest absolute Gasteiger partial charge is 0.352 e. The van der Waals surface area contributed by atoms with Crippen LogP contribution < -0.4 is 0 Å². The first-order chi connectivity index (χ1) is 17.7. The molecule has 1 aliphatic rings. The second-order valence-electron chi connectivity index (χ2n) is 9.49. The summed E-state index contributed by atoms with van der Waals surface area (Å²) in [4.78, 5) is 22.2. The van der Waals surface area contributed by atoms with Gasteiger partial charge < -0.3 is 4.98 Å². The molecule has 1 aliphatic heterocycles. The molecule has 1 fully saturated rings. The van der Waals surface area contributed by atoms with E-state index in [1.165, 1.54) is 41.2 Å². The van der Waals surface area contributed by atoms with Crippen LogP contribution in [0.5, 0.6) is 0 Å². The lowest BCUT2D eigenvalue weighted by Gasteiger charge is -2.14. The molecule has 36 heavy (non-hydrogen) atoms. The lowest BCUT2D eigenvalue weighted by Crippen LogP contribution is -2.18. The molecule has 0 unspecified atom stereocenters. The zero-order valence-corrected chi connectivity index (χ0v) is 20.8. The molecule has 7 nitrogen and oxygen atoms in total. The van der Waals surface area contributed by atoms with Crippen molar-refractivity contribution in [3.05, 3.63) is 71.8 Å². The van der Waals surface area contributed by atoms with Crippen LogP contribution in [0.15, 0.2) is 61.3 Å². The van der Waals surface area contributed by atoms with Gasteiger partial charge in [-0.25, -0.2) is 0 Å². The number of fused-ring (bicyclic) bond motifs is 2. The van der Waals surface area contributed by atoms with Gasteiger partial charge in [-0.15, -0.1) is 11.3 Å². The van der Waals surface area contributed by atoms with Crippen LogP contribution in [-0.4, -0.2) is 48.1 Å². The summed E-state index contributed by atoms with van der Waals surface area (Å²) in [7, 11) is 0. The van der Waals surface area contributed by atoms with E-state index in [-0.39, 0.29) is 0 Å². The van der Waals surface area contributed by atoms with E-state index in [1.54, 1.807) is 11.3 Å². The number of hydrogen-bond acceptors (Lipinski definition) is 6. The van der Waals surface area contributed by atoms with E-state index < -0.39 is 0 Å². The van der Waals surface area contributed by atoms with Crippen LogP contribution in [0, 0.1) is 6.92 Å². The van der Waals surface area contributed by atoms with Crippen molar-refractivity contribution < 1.29 is 0 Å². The lowest BCUT2D eigenvalue weighted by molar-refractivity contribution is 0.331. The summed E-state index contributed by atoms with van der Waals surface area (Å²) in [5.74, 6) is 0. The maximum Gasteiger partial charge on any atom is 0.116 e. The number of hydrogen-bond donors (Lipinski definition) is 2. The Morgan fingerprint density at radius 1 is 0.917 bits per heavy atom. The number of aromatic nitrogens is 6. The number of aryl methyl sites for hydroxylation is 1. The van der Waals surface area contributed by atoms with Gasteiger partial charge in [0.1, 0.15) is 5.69 Å². The predicted molar refractivity (Wildman–Crippen MR) is 145 cm³/mol. The topological polar surface area (TPSA) is 86.4 Å². The Kier molecular flexibility index (Phi) is 5.15. The summed E-state index contributed by atoms with van der Waals surface area (Å²) >= 11 is 1.78. The van der Waals surface area contributed by atoms with Crippen LogP contribution >= 0.6 is 11.3 Å². The fourth-order valence-corrected chi connectivity index (χ4v) is 6.04. The summed E-state index contributed by atoms with van der Waals surface area (Å²) < 4.78 is 0. The van der Waals surface area contributed by atoms with Gasteiger partial charge >= 0.3 is 0 Å². The third-order valence-corrected chi connectivity index (χ3v) is 7.98. The minimum atomic E-state index is 0.874. The van der Waals surface area contributed by atoms with Crippen molar-refractivity contribution in [3.8, 4) is 33.1 Å². The smallest absolute Gasteiger partial charge is 0.116 e. The average Bonchev–Trinajstić information content (AvgIpc) is 3.70. The molecule has 8 heteroatoms. The summed E-state index contributed by atoms with van der Waals surface area (Å²) in [6.45, 7) is 5.40. The number of aromatic amines is 2. The van der Waals surface area contributed by atoms with Gasteiger partial charge in [-0.1, -0.05) is 0 Å². The van der Waals surface area contributed by atoms with Crippen LogP contribution in [-0.2, 0) is 6.54 Å². The Labute approximate surface area is 212 Å². The highest BCUT2D eigenvalue weighted by Gasteiger charge is 2.16. The van der Waals surface area contributed by atoms with Crippen LogP contribution in [0.4, 0.5) is 0 Å². The summed E-state index contributed by atoms with van der Waals surface area (Å²) in [6, 6.07) is 10.8. The summed E-state index contributed by atoms with van der Waals surface area (Å²) in [5.41, 5.74) is 8.01. The summed E-state index contributed by atoms with van der Waals surface area (Å²) in [6.07, 6.45) is 12.1. The number of likely N-dealkylation sites (tertiary alicyclic amines) is 1. The molecule has 0 atom stereocenters. The van der Waals surface area contributed by atoms with E-state index >= 15 is 0 Å². The van der Waals surface area contributed by atoms with Gasteiger partial charge in [-0.3, -0.25) is 25.0 Å². The van der Waals surface area contributed by atoms with Crippen molar-refractivity contribution >= 4 is 33.1 Å². The fourth-order valence-electron chi connectivity index (χ4n) is 5.15. The standard InChI is InChI=1S/C28H25N7S/c1-17-4-5-27(36-17)22-13-30-14-25-20(22)9-24(32-25)28-21-10-23(31-15-26(21)33-34-28)19-8-18(11-29-12-19)16-35-6-2-3-7-35/h4-5,8-15,32H,2-3,6-7,16H2,1H3,(H,33,34). The number of H-pyrrole nitrogens is 2. The minimum absolute atomic E-state index is 0.874. The Morgan fingerprint density at radius 3 is 2.67 bits per heavy atom. The highest BCUT2D eigenvalue weighted by Crippen LogP contribution is 2.36. The summed E-state index contributed by atoms with van der Waals surface area (Å²) in [5, 5.41) is 9.97. The molecule has 6 aromatic rings. The van der Waals surface area contributed by atoms with E-state index in [4.69, 9.17) is 4.98 Å². The maximum absolute atomic E-state index is 4.71. The zero-order chi connectivity index (χ0) is 24.1. The molecule has 2 N–H and O–H groups in total. The first kappa shape index (κ1) is 21.4. The van der Waals surface area contributed by atoms with E-state index in [0.29, 0.717) is 0 Å². The molecule has 0 spiro atoms. The van der Waals surface area contributed by atoms with Gasteiger partial charge in [0.15, 0.2) is 0 Å². The number of nitrogens with zero attached hydrogens (tertiary/aromatic N) is 5. The average molecular weight is 492 g/mol. The molecule has 0 aromatic carbocycles. The Balaban J connectivity index is 1.28. The molecular formula is C28H25N7S. The maximum atomic E-state index is 4.71. The molecule has 0 bridgehead atoms. The quantitative estimate of drug-likeness (QED) is 0.300. The minimum Gasteiger partial charge on any atom is -0.352 e. The molecule has 0 saturated carbocycles. The van der Waals surface area contributed by atoms with Crippen molar-refractivity contribution in [2.75, 3.05) is 13.1 Å². The van der Waals surface area contributed by atoms with E-state index in [2.05, 4.69) is 67.3 Å². The lowest BCUT2D eigenvalue weighted by atomic mass is 10.1. The molecule has 178 valence electrons. The van der Waals surface area contributed by atoms with Crippen LogP contribution in [0.25, 0.3) is 54.9 Å². The second-order valence-corrected chi connectivity index (χ2v) is 10.8. The fraction of sp³-hybridized carbons (Fsp3) is 0.214. The Bertz CT molecular complexity index is 1700. The Morgan fingerprint density at radius 2 is 1.81 bits per heavy atom. The number of rotatable bonds is 5. The predicted octanol–water partition coefficient (Wildman–Crippen LogP) is 6.20. The normalized spacial score (nSPS) is 14.4. The monoisotopic (exact) mass is 491 g/mol. The van der Waals surface area contributed by atoms with E-state index in [9.17, 15) is 0 Å².